The fourth-order valence-electron chi connectivity index (χ4n) is 1.20. The molecule has 0 aliphatic heterocycles. The van der Waals surface area contributed by atoms with Gasteiger partial charge in [0.15, 0.2) is 0 Å². The Labute approximate surface area is 106 Å². The second-order valence-electron chi connectivity index (χ2n) is 3.17. The van der Waals surface area contributed by atoms with Crippen LogP contribution in [0.25, 0.3) is 0 Å². The molecule has 0 bridgehead atoms. The topological polar surface area (TPSA) is 48.7 Å². The number of furan rings is 1. The highest BCUT2D eigenvalue weighted by Gasteiger charge is 2.12. The number of rotatable bonds is 3. The Bertz CT molecular complexity index is 516. The largest absolute Gasteiger partial charge is 0.463 e. The second kappa shape index (κ2) is 5.05. The Morgan fingerprint density at radius 2 is 1.88 bits per heavy atom. The number of benzene rings is 1. The highest BCUT2D eigenvalue weighted by molar-refractivity contribution is 9.10. The molecule has 0 aliphatic rings. The van der Waals surface area contributed by atoms with E-state index < -0.39 is 5.97 Å². The molecule has 17 heavy (non-hydrogen) atoms. The standard InChI is InChI=1S/C12H9BrO4/c1-15-12(14)10-6-7-11(17-10)16-9-4-2-8(13)3-5-9/h2-7H,1H3. The highest BCUT2D eigenvalue weighted by atomic mass is 79.9. The Kier molecular flexibility index (Phi) is 3.49. The first-order valence-corrected chi connectivity index (χ1v) is 5.60. The van der Waals surface area contributed by atoms with E-state index in [2.05, 4.69) is 20.7 Å². The molecule has 0 radical (unpaired) electrons. The second-order valence-corrected chi connectivity index (χ2v) is 4.08. The number of hydrogen-bond acceptors (Lipinski definition) is 4. The minimum atomic E-state index is -0.532. The van der Waals surface area contributed by atoms with Gasteiger partial charge in [-0.05, 0) is 30.3 Å². The third-order valence-electron chi connectivity index (χ3n) is 2.00. The average Bonchev–Trinajstić information content (AvgIpc) is 2.80. The van der Waals surface area contributed by atoms with Gasteiger partial charge in [-0.15, -0.1) is 0 Å². The molecule has 1 aromatic carbocycles. The van der Waals surface area contributed by atoms with Gasteiger partial charge in [-0.2, -0.15) is 0 Å². The molecule has 0 N–H and O–H groups in total. The van der Waals surface area contributed by atoms with Crippen molar-refractivity contribution in [3.8, 4) is 11.7 Å². The van der Waals surface area contributed by atoms with Gasteiger partial charge < -0.3 is 13.9 Å². The smallest absolute Gasteiger partial charge is 0.374 e. The van der Waals surface area contributed by atoms with Crippen LogP contribution in [-0.4, -0.2) is 13.1 Å². The van der Waals surface area contributed by atoms with Crippen LogP contribution >= 0.6 is 15.9 Å². The van der Waals surface area contributed by atoms with Crippen LogP contribution in [0.1, 0.15) is 10.6 Å². The molecule has 1 heterocycles. The van der Waals surface area contributed by atoms with Crippen molar-refractivity contribution in [2.45, 2.75) is 0 Å². The van der Waals surface area contributed by atoms with Crippen molar-refractivity contribution in [2.24, 2.45) is 0 Å². The van der Waals surface area contributed by atoms with Gasteiger partial charge in [-0.3, -0.25) is 0 Å². The summed E-state index contributed by atoms with van der Waals surface area (Å²) >= 11 is 3.32. The zero-order chi connectivity index (χ0) is 12.3. The zero-order valence-corrected chi connectivity index (χ0v) is 10.6. The normalized spacial score (nSPS) is 10.0. The van der Waals surface area contributed by atoms with Gasteiger partial charge in [-0.25, -0.2) is 4.79 Å². The third-order valence-corrected chi connectivity index (χ3v) is 2.53. The van der Waals surface area contributed by atoms with Gasteiger partial charge in [0.2, 0.25) is 5.76 Å². The Hall–Kier alpha value is -1.75. The fourth-order valence-corrected chi connectivity index (χ4v) is 1.47. The average molecular weight is 297 g/mol. The van der Waals surface area contributed by atoms with Crippen molar-refractivity contribution in [1.29, 1.82) is 0 Å². The van der Waals surface area contributed by atoms with Crippen molar-refractivity contribution in [3.05, 3.63) is 46.6 Å². The minimum Gasteiger partial charge on any atom is -0.463 e. The quantitative estimate of drug-likeness (QED) is 0.812. The summed E-state index contributed by atoms with van der Waals surface area (Å²) in [7, 11) is 1.29. The van der Waals surface area contributed by atoms with Gasteiger partial charge >= 0.3 is 5.97 Å². The maximum atomic E-state index is 11.1. The van der Waals surface area contributed by atoms with E-state index >= 15 is 0 Å². The van der Waals surface area contributed by atoms with Gasteiger partial charge in [0.05, 0.1) is 7.11 Å². The molecule has 88 valence electrons. The van der Waals surface area contributed by atoms with Crippen molar-refractivity contribution < 1.29 is 18.7 Å². The van der Waals surface area contributed by atoms with Crippen LogP contribution in [0, 0.1) is 0 Å². The van der Waals surface area contributed by atoms with Crippen molar-refractivity contribution >= 4 is 21.9 Å². The van der Waals surface area contributed by atoms with Crippen LogP contribution < -0.4 is 4.74 Å². The van der Waals surface area contributed by atoms with Crippen LogP contribution in [0.15, 0.2) is 45.3 Å². The summed E-state index contributed by atoms with van der Waals surface area (Å²) in [4.78, 5) is 11.1. The molecule has 5 heteroatoms. The molecular weight excluding hydrogens is 288 g/mol. The number of hydrogen-bond donors (Lipinski definition) is 0. The molecule has 0 saturated heterocycles. The zero-order valence-electron chi connectivity index (χ0n) is 8.98. The van der Waals surface area contributed by atoms with E-state index in [9.17, 15) is 4.79 Å². The molecule has 0 spiro atoms. The predicted molar refractivity (Wildman–Crippen MR) is 64.3 cm³/mol. The number of esters is 1. The Balaban J connectivity index is 2.11. The van der Waals surface area contributed by atoms with Crippen LogP contribution in [0.4, 0.5) is 0 Å². The summed E-state index contributed by atoms with van der Waals surface area (Å²) in [6, 6.07) is 10.3. The monoisotopic (exact) mass is 296 g/mol. The van der Waals surface area contributed by atoms with Crippen LogP contribution in [0.3, 0.4) is 0 Å². The maximum absolute atomic E-state index is 11.1. The highest BCUT2D eigenvalue weighted by Crippen LogP contribution is 2.25. The Morgan fingerprint density at radius 1 is 1.18 bits per heavy atom. The molecule has 0 unspecified atom stereocenters. The van der Waals surface area contributed by atoms with Crippen molar-refractivity contribution in [1.82, 2.24) is 0 Å². The molecular formula is C12H9BrO4. The lowest BCUT2D eigenvalue weighted by Gasteiger charge is -2.01. The van der Waals surface area contributed by atoms with E-state index in [1.165, 1.54) is 13.2 Å². The van der Waals surface area contributed by atoms with E-state index in [1.54, 1.807) is 18.2 Å². The van der Waals surface area contributed by atoms with Gasteiger partial charge in [-0.1, -0.05) is 15.9 Å². The lowest BCUT2D eigenvalue weighted by Crippen LogP contribution is -1.98. The fraction of sp³-hybridized carbons (Fsp3) is 0.0833. The molecule has 0 fully saturated rings. The first-order chi connectivity index (χ1) is 8.19. The van der Waals surface area contributed by atoms with Gasteiger partial charge in [0, 0.05) is 10.5 Å². The van der Waals surface area contributed by atoms with Crippen LogP contribution in [-0.2, 0) is 4.74 Å². The number of methoxy groups -OCH3 is 1. The summed E-state index contributed by atoms with van der Waals surface area (Å²) in [6.07, 6.45) is 0. The SMILES string of the molecule is COC(=O)c1ccc(Oc2ccc(Br)cc2)o1. The van der Waals surface area contributed by atoms with Gasteiger partial charge in [0.1, 0.15) is 5.75 Å². The molecule has 0 atom stereocenters. The number of halogens is 1. The summed E-state index contributed by atoms with van der Waals surface area (Å²) < 4.78 is 16.1. The summed E-state index contributed by atoms with van der Waals surface area (Å²) in [6.45, 7) is 0. The van der Waals surface area contributed by atoms with Crippen molar-refractivity contribution in [3.63, 3.8) is 0 Å². The summed E-state index contributed by atoms with van der Waals surface area (Å²) in [5.41, 5.74) is 0. The predicted octanol–water partition coefficient (Wildman–Crippen LogP) is 3.62. The van der Waals surface area contributed by atoms with Crippen molar-refractivity contribution in [2.75, 3.05) is 7.11 Å². The van der Waals surface area contributed by atoms with E-state index in [0.29, 0.717) is 5.75 Å². The minimum absolute atomic E-state index is 0.111. The van der Waals surface area contributed by atoms with E-state index in [4.69, 9.17) is 9.15 Å². The van der Waals surface area contributed by atoms with E-state index in [-0.39, 0.29) is 11.7 Å². The van der Waals surface area contributed by atoms with Crippen LogP contribution in [0.2, 0.25) is 0 Å². The lowest BCUT2D eigenvalue weighted by atomic mass is 10.3. The molecule has 2 rings (SSSR count). The van der Waals surface area contributed by atoms with Crippen LogP contribution in [0.5, 0.6) is 11.7 Å². The van der Waals surface area contributed by atoms with Gasteiger partial charge in [0.25, 0.3) is 5.95 Å². The number of carbonyl (C=O) groups excluding carboxylic acids is 1. The third kappa shape index (κ3) is 2.88. The van der Waals surface area contributed by atoms with E-state index in [0.717, 1.165) is 4.47 Å². The summed E-state index contributed by atoms with van der Waals surface area (Å²) in [5, 5.41) is 0. The molecule has 2 aromatic rings. The molecule has 0 amide bonds. The number of ether oxygens (including phenoxy) is 2. The van der Waals surface area contributed by atoms with E-state index in [1.807, 2.05) is 12.1 Å². The Morgan fingerprint density at radius 3 is 2.53 bits per heavy atom. The molecule has 0 aliphatic carbocycles. The summed E-state index contributed by atoms with van der Waals surface area (Å²) in [5.74, 6) is 0.446. The first kappa shape index (κ1) is 11.7. The molecule has 0 saturated carbocycles. The molecule has 4 nitrogen and oxygen atoms in total. The number of carbonyl (C=O) groups is 1. The lowest BCUT2D eigenvalue weighted by molar-refractivity contribution is 0.0560. The molecule has 1 aromatic heterocycles. The first-order valence-electron chi connectivity index (χ1n) is 4.80. The maximum Gasteiger partial charge on any atom is 0.374 e.